The van der Waals surface area contributed by atoms with Gasteiger partial charge in [0.2, 0.25) is 5.95 Å². The lowest BCUT2D eigenvalue weighted by molar-refractivity contribution is 0.250. The number of sulfone groups is 1. The van der Waals surface area contributed by atoms with Gasteiger partial charge in [-0.25, -0.2) is 18.2 Å². The van der Waals surface area contributed by atoms with Crippen LogP contribution in [0.1, 0.15) is 19.4 Å². The first-order chi connectivity index (χ1) is 13.2. The van der Waals surface area contributed by atoms with E-state index in [1.165, 1.54) is 9.80 Å². The zero-order valence-corrected chi connectivity index (χ0v) is 17.5. The Labute approximate surface area is 169 Å². The minimum atomic E-state index is -3.27. The summed E-state index contributed by atoms with van der Waals surface area (Å²) in [4.78, 5) is 24.9. The molecule has 2 amide bonds. The third-order valence-electron chi connectivity index (χ3n) is 4.13. The summed E-state index contributed by atoms with van der Waals surface area (Å²) in [5.41, 5.74) is 1.26. The van der Waals surface area contributed by atoms with Crippen molar-refractivity contribution >= 4 is 44.9 Å². The summed E-state index contributed by atoms with van der Waals surface area (Å²) < 4.78 is 23.4. The number of rotatable bonds is 6. The number of para-hydroxylation sites is 1. The Morgan fingerprint density at radius 2 is 2.00 bits per heavy atom. The van der Waals surface area contributed by atoms with E-state index in [4.69, 9.17) is 11.6 Å². The number of benzene rings is 1. The Kier molecular flexibility index (Phi) is 5.76. The molecule has 1 N–H and O–H groups in total. The van der Waals surface area contributed by atoms with Crippen LogP contribution in [0.25, 0.3) is 0 Å². The van der Waals surface area contributed by atoms with Crippen LogP contribution >= 0.6 is 11.6 Å². The number of urea groups is 1. The zero-order chi connectivity index (χ0) is 20.5. The molecule has 2 heterocycles. The molecule has 0 bridgehead atoms. The maximum absolute atomic E-state index is 13.2. The summed E-state index contributed by atoms with van der Waals surface area (Å²) in [6, 6.07) is 6.75. The molecule has 2 aromatic rings. The minimum Gasteiger partial charge on any atom is -0.352 e. The molecule has 0 saturated carbocycles. The molecule has 0 unspecified atom stereocenters. The van der Waals surface area contributed by atoms with E-state index in [9.17, 15) is 13.2 Å². The molecule has 0 radical (unpaired) electrons. The Balaban J connectivity index is 2.03. The second kappa shape index (κ2) is 7.92. The average Bonchev–Trinajstić information content (AvgIpc) is 2.60. The van der Waals surface area contributed by atoms with E-state index >= 15 is 0 Å². The number of aromatic nitrogens is 2. The molecule has 0 atom stereocenters. The van der Waals surface area contributed by atoms with E-state index in [2.05, 4.69) is 15.3 Å². The Morgan fingerprint density at radius 3 is 2.64 bits per heavy atom. The number of nitrogens with one attached hydrogen (secondary N) is 1. The van der Waals surface area contributed by atoms with Gasteiger partial charge in [0, 0.05) is 30.6 Å². The molecule has 1 aliphatic rings. The maximum atomic E-state index is 13.2. The van der Waals surface area contributed by atoms with Crippen molar-refractivity contribution in [2.45, 2.75) is 26.4 Å². The van der Waals surface area contributed by atoms with E-state index in [1.54, 1.807) is 30.5 Å². The van der Waals surface area contributed by atoms with E-state index in [0.29, 0.717) is 28.0 Å². The highest BCUT2D eigenvalue weighted by atomic mass is 35.5. The predicted molar refractivity (Wildman–Crippen MR) is 111 cm³/mol. The summed E-state index contributed by atoms with van der Waals surface area (Å²) in [5, 5.41) is 3.53. The third kappa shape index (κ3) is 4.53. The van der Waals surface area contributed by atoms with Gasteiger partial charge >= 0.3 is 6.03 Å². The maximum Gasteiger partial charge on any atom is 0.330 e. The van der Waals surface area contributed by atoms with Crippen molar-refractivity contribution in [3.63, 3.8) is 0 Å². The van der Waals surface area contributed by atoms with Gasteiger partial charge in [-0.05, 0) is 26.0 Å². The van der Waals surface area contributed by atoms with Crippen LogP contribution < -0.4 is 15.1 Å². The Hall–Kier alpha value is -2.39. The molecule has 1 aromatic heterocycles. The average molecular weight is 424 g/mol. The molecule has 1 aromatic carbocycles. The Bertz CT molecular complexity index is 996. The Morgan fingerprint density at radius 1 is 1.29 bits per heavy atom. The fourth-order valence-corrected chi connectivity index (χ4v) is 3.61. The molecule has 8 nitrogen and oxygen atoms in total. The fourth-order valence-electron chi connectivity index (χ4n) is 2.86. The second-order valence-electron chi connectivity index (χ2n) is 6.94. The number of hydrogen-bond acceptors (Lipinski definition) is 6. The van der Waals surface area contributed by atoms with Gasteiger partial charge in [0.05, 0.1) is 23.0 Å². The summed E-state index contributed by atoms with van der Waals surface area (Å²) >= 11 is 6.28. The topological polar surface area (TPSA) is 95.5 Å². The molecule has 3 rings (SSSR count). The monoisotopic (exact) mass is 423 g/mol. The van der Waals surface area contributed by atoms with Crippen molar-refractivity contribution in [3.8, 4) is 0 Å². The number of amides is 2. The van der Waals surface area contributed by atoms with Crippen LogP contribution in [0.15, 0.2) is 30.5 Å². The standard InChI is InChI=1S/C18H22ClN5O3S/c1-12(2)21-17-20-10-13-11-24(15-7-5-4-6-14(15)19)18(25)23(16(13)22-17)8-9-28(3,26)27/h4-7,10,12H,8-9,11H2,1-3H3,(H,20,21,22). The van der Waals surface area contributed by atoms with Gasteiger partial charge in [0.25, 0.3) is 0 Å². The molecule has 10 heteroatoms. The first kappa shape index (κ1) is 20.3. The summed E-state index contributed by atoms with van der Waals surface area (Å²) in [5.74, 6) is 0.623. The van der Waals surface area contributed by atoms with Crippen LogP contribution in [-0.4, -0.2) is 49.0 Å². The lowest BCUT2D eigenvalue weighted by Crippen LogP contribution is -2.49. The summed E-state index contributed by atoms with van der Waals surface area (Å²) in [7, 11) is -3.27. The number of anilines is 3. The lowest BCUT2D eigenvalue weighted by Gasteiger charge is -2.36. The molecule has 28 heavy (non-hydrogen) atoms. The van der Waals surface area contributed by atoms with Gasteiger partial charge in [-0.1, -0.05) is 23.7 Å². The normalized spacial score (nSPS) is 14.4. The van der Waals surface area contributed by atoms with Crippen LogP contribution in [0.3, 0.4) is 0 Å². The van der Waals surface area contributed by atoms with Gasteiger partial charge in [-0.2, -0.15) is 4.98 Å². The van der Waals surface area contributed by atoms with Crippen molar-refractivity contribution < 1.29 is 13.2 Å². The van der Waals surface area contributed by atoms with E-state index in [1.807, 2.05) is 13.8 Å². The van der Waals surface area contributed by atoms with Crippen LogP contribution in [0, 0.1) is 0 Å². The largest absolute Gasteiger partial charge is 0.352 e. The van der Waals surface area contributed by atoms with Gasteiger partial charge in [-0.3, -0.25) is 9.80 Å². The SMILES string of the molecule is CC(C)Nc1ncc2c(n1)N(CCS(C)(=O)=O)C(=O)N(c1ccccc1Cl)C2. The van der Waals surface area contributed by atoms with Crippen molar-refractivity contribution in [1.82, 2.24) is 9.97 Å². The second-order valence-corrected chi connectivity index (χ2v) is 9.61. The number of fused-ring (bicyclic) bond motifs is 1. The smallest absolute Gasteiger partial charge is 0.330 e. The highest BCUT2D eigenvalue weighted by molar-refractivity contribution is 7.90. The van der Waals surface area contributed by atoms with Crippen molar-refractivity contribution in [2.24, 2.45) is 0 Å². The molecule has 1 aliphatic heterocycles. The van der Waals surface area contributed by atoms with Gasteiger partial charge in [-0.15, -0.1) is 0 Å². The van der Waals surface area contributed by atoms with Crippen molar-refractivity contribution in [3.05, 3.63) is 41.0 Å². The number of nitrogens with zero attached hydrogens (tertiary/aromatic N) is 4. The van der Waals surface area contributed by atoms with Crippen molar-refractivity contribution in [2.75, 3.05) is 33.7 Å². The minimum absolute atomic E-state index is 0.0102. The molecule has 0 fully saturated rings. The molecule has 0 spiro atoms. The number of halogens is 1. The van der Waals surface area contributed by atoms with Crippen LogP contribution in [0.5, 0.6) is 0 Å². The molecular weight excluding hydrogens is 402 g/mol. The summed E-state index contributed by atoms with van der Waals surface area (Å²) in [6.07, 6.45) is 2.79. The molecule has 0 aliphatic carbocycles. The lowest BCUT2D eigenvalue weighted by atomic mass is 10.2. The molecular formula is C18H22ClN5O3S. The number of carbonyl (C=O) groups excluding carboxylic acids is 1. The number of hydrogen-bond donors (Lipinski definition) is 1. The predicted octanol–water partition coefficient (Wildman–Crippen LogP) is 2.94. The zero-order valence-electron chi connectivity index (χ0n) is 15.9. The summed E-state index contributed by atoms with van der Waals surface area (Å²) in [6.45, 7) is 4.14. The van der Waals surface area contributed by atoms with Gasteiger partial charge < -0.3 is 5.32 Å². The quantitative estimate of drug-likeness (QED) is 0.767. The van der Waals surface area contributed by atoms with Crippen molar-refractivity contribution in [1.29, 1.82) is 0 Å². The van der Waals surface area contributed by atoms with Gasteiger partial charge in [0.15, 0.2) is 0 Å². The molecule has 0 saturated heterocycles. The van der Waals surface area contributed by atoms with Crippen LogP contribution in [-0.2, 0) is 16.4 Å². The van der Waals surface area contributed by atoms with Gasteiger partial charge in [0.1, 0.15) is 15.7 Å². The van der Waals surface area contributed by atoms with E-state index in [0.717, 1.165) is 6.26 Å². The first-order valence-electron chi connectivity index (χ1n) is 8.79. The third-order valence-corrected chi connectivity index (χ3v) is 5.38. The highest BCUT2D eigenvalue weighted by Crippen LogP contribution is 2.34. The van der Waals surface area contributed by atoms with E-state index in [-0.39, 0.29) is 30.9 Å². The number of carbonyl (C=O) groups is 1. The van der Waals surface area contributed by atoms with Crippen LogP contribution in [0.4, 0.5) is 22.2 Å². The van der Waals surface area contributed by atoms with Crippen LogP contribution in [0.2, 0.25) is 5.02 Å². The fraction of sp³-hybridized carbons (Fsp3) is 0.389. The highest BCUT2D eigenvalue weighted by Gasteiger charge is 2.34. The first-order valence-corrected chi connectivity index (χ1v) is 11.2. The molecule has 150 valence electrons. The van der Waals surface area contributed by atoms with E-state index < -0.39 is 9.84 Å².